The third kappa shape index (κ3) is 3.77. The van der Waals surface area contributed by atoms with Crippen LogP contribution in [0.15, 0.2) is 36.5 Å². The molecule has 1 fully saturated rings. The van der Waals surface area contributed by atoms with Crippen LogP contribution >= 0.6 is 0 Å². The number of anilines is 1. The van der Waals surface area contributed by atoms with Gasteiger partial charge in [-0.1, -0.05) is 25.1 Å². The summed E-state index contributed by atoms with van der Waals surface area (Å²) in [7, 11) is 3.19. The van der Waals surface area contributed by atoms with Crippen molar-refractivity contribution in [1.29, 1.82) is 0 Å². The molecule has 34 heavy (non-hydrogen) atoms. The fourth-order valence-electron chi connectivity index (χ4n) is 4.82. The Hall–Kier alpha value is -3.52. The van der Waals surface area contributed by atoms with Crippen LogP contribution in [0.2, 0.25) is 0 Å². The van der Waals surface area contributed by atoms with Crippen LogP contribution in [0, 0.1) is 5.82 Å². The molecule has 0 spiro atoms. The molecule has 176 valence electrons. The smallest absolute Gasteiger partial charge is 0.318 e. The van der Waals surface area contributed by atoms with Gasteiger partial charge in [-0.15, -0.1) is 0 Å². The predicted molar refractivity (Wildman–Crippen MR) is 130 cm³/mol. The fraction of sp³-hybridized carbons (Fsp3) is 0.346. The fourth-order valence-corrected chi connectivity index (χ4v) is 4.82. The van der Waals surface area contributed by atoms with E-state index >= 15 is 4.39 Å². The molecule has 8 heteroatoms. The molecule has 0 unspecified atom stereocenters. The molecule has 4 aromatic rings. The quantitative estimate of drug-likeness (QED) is 0.453. The molecule has 2 aromatic carbocycles. The average Bonchev–Trinajstić information content (AvgIpc) is 2.87. The lowest BCUT2D eigenvalue weighted by Gasteiger charge is -2.32. The number of hydrogen-bond acceptors (Lipinski definition) is 7. The molecular weight excluding hydrogens is 435 g/mol. The van der Waals surface area contributed by atoms with E-state index in [9.17, 15) is 5.11 Å². The minimum atomic E-state index is -0.566. The number of piperidine rings is 1. The van der Waals surface area contributed by atoms with Crippen molar-refractivity contribution in [1.82, 2.24) is 15.0 Å². The molecule has 0 atom stereocenters. The van der Waals surface area contributed by atoms with Crippen molar-refractivity contribution < 1.29 is 19.0 Å². The second-order valence-corrected chi connectivity index (χ2v) is 8.50. The van der Waals surface area contributed by atoms with Gasteiger partial charge in [0.25, 0.3) is 0 Å². The Balaban J connectivity index is 1.71. The Labute approximate surface area is 197 Å². The van der Waals surface area contributed by atoms with Crippen LogP contribution in [0.3, 0.4) is 0 Å². The van der Waals surface area contributed by atoms with Gasteiger partial charge in [-0.2, -0.15) is 9.97 Å². The highest BCUT2D eigenvalue weighted by atomic mass is 19.1. The summed E-state index contributed by atoms with van der Waals surface area (Å²) in [5, 5.41) is 12.6. The number of ether oxygens (including phenoxy) is 2. The molecule has 0 amide bonds. The number of nitrogens with zero attached hydrogens (tertiary/aromatic N) is 4. The topological polar surface area (TPSA) is 80.6 Å². The number of phenolic OH excluding ortho intramolecular Hbond substituents is 1. The Morgan fingerprint density at radius 2 is 1.94 bits per heavy atom. The van der Waals surface area contributed by atoms with E-state index in [1.54, 1.807) is 25.4 Å². The number of aromatic hydroxyl groups is 1. The van der Waals surface area contributed by atoms with Gasteiger partial charge < -0.3 is 19.5 Å². The Morgan fingerprint density at radius 3 is 2.65 bits per heavy atom. The number of pyridine rings is 1. The molecule has 1 saturated heterocycles. The lowest BCUT2D eigenvalue weighted by molar-refractivity contribution is 0.0818. The van der Waals surface area contributed by atoms with E-state index < -0.39 is 5.82 Å². The van der Waals surface area contributed by atoms with E-state index in [0.29, 0.717) is 16.8 Å². The molecular formula is C26H27FN4O3. The third-order valence-corrected chi connectivity index (χ3v) is 6.58. The number of aromatic nitrogens is 3. The summed E-state index contributed by atoms with van der Waals surface area (Å²) in [5.74, 6) is 0.0902. The Bertz CT molecular complexity index is 1370. The number of phenols is 1. The van der Waals surface area contributed by atoms with E-state index in [1.807, 2.05) is 25.1 Å². The normalized spacial score (nSPS) is 14.8. The molecule has 0 bridgehead atoms. The van der Waals surface area contributed by atoms with E-state index in [1.165, 1.54) is 7.11 Å². The lowest BCUT2D eigenvalue weighted by Crippen LogP contribution is -2.37. The maximum absolute atomic E-state index is 16.1. The van der Waals surface area contributed by atoms with E-state index in [-0.39, 0.29) is 29.1 Å². The number of hydrogen-bond donors (Lipinski definition) is 1. The number of rotatable bonds is 5. The standard InChI is InChI=1S/C26H27FN4O3/c1-4-15-6-5-7-16-12-17(32)13-19(21(15)16)23-22(27)24-20(14-28-23)25(30-26(29-24)34-3)31-10-8-18(33-2)9-11-31/h5-7,12-14,18,32H,4,8-11H2,1-3H3. The van der Waals surface area contributed by atoms with Crippen molar-refractivity contribution in [3.8, 4) is 23.0 Å². The van der Waals surface area contributed by atoms with Crippen LogP contribution in [0.4, 0.5) is 10.2 Å². The summed E-state index contributed by atoms with van der Waals surface area (Å²) in [4.78, 5) is 15.5. The summed E-state index contributed by atoms with van der Waals surface area (Å²) < 4.78 is 26.9. The molecule has 5 rings (SSSR count). The highest BCUT2D eigenvalue weighted by molar-refractivity contribution is 6.01. The first-order chi connectivity index (χ1) is 16.5. The molecule has 0 radical (unpaired) electrons. The van der Waals surface area contributed by atoms with Gasteiger partial charge in [0.1, 0.15) is 22.8 Å². The lowest BCUT2D eigenvalue weighted by atomic mass is 9.95. The van der Waals surface area contributed by atoms with Crippen LogP contribution in [-0.4, -0.2) is 53.5 Å². The molecule has 3 heterocycles. The largest absolute Gasteiger partial charge is 0.508 e. The van der Waals surface area contributed by atoms with Crippen molar-refractivity contribution >= 4 is 27.5 Å². The van der Waals surface area contributed by atoms with Crippen LogP contribution in [0.25, 0.3) is 32.9 Å². The summed E-state index contributed by atoms with van der Waals surface area (Å²) >= 11 is 0. The second kappa shape index (κ2) is 9.02. The van der Waals surface area contributed by atoms with Gasteiger partial charge in [0.15, 0.2) is 5.82 Å². The molecule has 1 aliphatic rings. The van der Waals surface area contributed by atoms with Gasteiger partial charge in [-0.25, -0.2) is 4.39 Å². The van der Waals surface area contributed by atoms with Gasteiger partial charge in [-0.3, -0.25) is 4.98 Å². The summed E-state index contributed by atoms with van der Waals surface area (Å²) in [6.45, 7) is 3.51. The maximum atomic E-state index is 16.1. The van der Waals surface area contributed by atoms with Gasteiger partial charge in [0.2, 0.25) is 0 Å². The molecule has 1 aliphatic heterocycles. The maximum Gasteiger partial charge on any atom is 0.318 e. The summed E-state index contributed by atoms with van der Waals surface area (Å²) in [5.41, 5.74) is 1.87. The monoisotopic (exact) mass is 462 g/mol. The number of aryl methyl sites for hydroxylation is 1. The second-order valence-electron chi connectivity index (χ2n) is 8.50. The minimum Gasteiger partial charge on any atom is -0.508 e. The number of benzene rings is 2. The van der Waals surface area contributed by atoms with Crippen LogP contribution in [0.1, 0.15) is 25.3 Å². The van der Waals surface area contributed by atoms with Gasteiger partial charge in [-0.05, 0) is 47.7 Å². The van der Waals surface area contributed by atoms with Gasteiger partial charge >= 0.3 is 6.01 Å². The Morgan fingerprint density at radius 1 is 1.15 bits per heavy atom. The predicted octanol–water partition coefficient (Wildman–Crippen LogP) is 4.88. The molecule has 0 saturated carbocycles. The molecule has 2 aromatic heterocycles. The Kier molecular flexibility index (Phi) is 5.91. The first-order valence-electron chi connectivity index (χ1n) is 11.5. The van der Waals surface area contributed by atoms with Crippen LogP contribution in [0.5, 0.6) is 11.8 Å². The summed E-state index contributed by atoms with van der Waals surface area (Å²) in [6.07, 6.45) is 4.30. The SMILES string of the molecule is CCc1cccc2cc(O)cc(-c3ncc4c(N5CCC(OC)CC5)nc(OC)nc4c3F)c12. The van der Waals surface area contributed by atoms with E-state index in [4.69, 9.17) is 9.47 Å². The first kappa shape index (κ1) is 22.3. The zero-order valence-electron chi connectivity index (χ0n) is 19.5. The number of fused-ring (bicyclic) bond motifs is 2. The molecule has 7 nitrogen and oxygen atoms in total. The number of methoxy groups -OCH3 is 2. The van der Waals surface area contributed by atoms with Crippen LogP contribution < -0.4 is 9.64 Å². The van der Waals surface area contributed by atoms with E-state index in [2.05, 4.69) is 19.9 Å². The van der Waals surface area contributed by atoms with E-state index in [0.717, 1.165) is 48.7 Å². The third-order valence-electron chi connectivity index (χ3n) is 6.58. The average molecular weight is 463 g/mol. The van der Waals surface area contributed by atoms with Gasteiger partial charge in [0, 0.05) is 32.0 Å². The highest BCUT2D eigenvalue weighted by Crippen LogP contribution is 2.38. The van der Waals surface area contributed by atoms with Crippen molar-refractivity contribution in [3.63, 3.8) is 0 Å². The minimum absolute atomic E-state index is 0.0546. The van der Waals surface area contributed by atoms with Crippen molar-refractivity contribution in [3.05, 3.63) is 47.9 Å². The van der Waals surface area contributed by atoms with Crippen molar-refractivity contribution in [2.45, 2.75) is 32.3 Å². The van der Waals surface area contributed by atoms with Gasteiger partial charge in [0.05, 0.1) is 18.6 Å². The first-order valence-corrected chi connectivity index (χ1v) is 11.5. The van der Waals surface area contributed by atoms with Crippen molar-refractivity contribution in [2.24, 2.45) is 0 Å². The highest BCUT2D eigenvalue weighted by Gasteiger charge is 2.25. The zero-order chi connectivity index (χ0) is 23.8. The molecule has 1 N–H and O–H groups in total. The van der Waals surface area contributed by atoms with Crippen molar-refractivity contribution in [2.75, 3.05) is 32.2 Å². The zero-order valence-corrected chi connectivity index (χ0v) is 19.5. The summed E-state index contributed by atoms with van der Waals surface area (Å²) in [6, 6.07) is 9.20. The number of halogens is 1. The molecule has 0 aliphatic carbocycles. The van der Waals surface area contributed by atoms with Crippen LogP contribution in [-0.2, 0) is 11.2 Å².